The van der Waals surface area contributed by atoms with E-state index < -0.39 is 0 Å². The Labute approximate surface area is 106 Å². The van der Waals surface area contributed by atoms with E-state index in [1.165, 1.54) is 19.3 Å². The molecule has 1 aliphatic carbocycles. The third-order valence-electron chi connectivity index (χ3n) is 4.00. The van der Waals surface area contributed by atoms with E-state index >= 15 is 0 Å². The number of unbranched alkanes of at least 4 members (excludes halogenated alkanes) is 2. The Morgan fingerprint density at radius 2 is 2.06 bits per heavy atom. The second kappa shape index (κ2) is 7.00. The van der Waals surface area contributed by atoms with Crippen molar-refractivity contribution in [3.05, 3.63) is 0 Å². The van der Waals surface area contributed by atoms with Gasteiger partial charge in [0, 0.05) is 12.5 Å². The predicted molar refractivity (Wildman–Crippen MR) is 71.7 cm³/mol. The first-order valence-electron chi connectivity index (χ1n) is 7.06. The Morgan fingerprint density at radius 1 is 1.29 bits per heavy atom. The van der Waals surface area contributed by atoms with Crippen LogP contribution in [-0.2, 0) is 4.79 Å². The van der Waals surface area contributed by atoms with Crippen LogP contribution in [0.5, 0.6) is 0 Å². The third kappa shape index (κ3) is 4.66. The number of rotatable bonds is 6. The zero-order valence-corrected chi connectivity index (χ0v) is 11.4. The molecular formula is C14H28N2O. The summed E-state index contributed by atoms with van der Waals surface area (Å²) < 4.78 is 0. The average molecular weight is 240 g/mol. The van der Waals surface area contributed by atoms with E-state index in [0.717, 1.165) is 38.8 Å². The molecule has 3 nitrogen and oxygen atoms in total. The minimum Gasteiger partial charge on any atom is -0.356 e. The van der Waals surface area contributed by atoms with Gasteiger partial charge in [-0.25, -0.2) is 0 Å². The predicted octanol–water partition coefficient (Wildman–Crippen LogP) is 2.45. The van der Waals surface area contributed by atoms with Crippen molar-refractivity contribution in [2.24, 2.45) is 17.1 Å². The van der Waals surface area contributed by atoms with Crippen molar-refractivity contribution in [2.45, 2.75) is 58.8 Å². The summed E-state index contributed by atoms with van der Waals surface area (Å²) in [5.41, 5.74) is 5.62. The Morgan fingerprint density at radius 3 is 2.71 bits per heavy atom. The lowest BCUT2D eigenvalue weighted by atomic mass is 9.68. The first kappa shape index (κ1) is 14.5. The highest BCUT2D eigenvalue weighted by atomic mass is 16.1. The van der Waals surface area contributed by atoms with E-state index in [1.54, 1.807) is 0 Å². The summed E-state index contributed by atoms with van der Waals surface area (Å²) in [6.07, 6.45) is 7.94. The number of carbonyl (C=O) groups is 1. The van der Waals surface area contributed by atoms with Crippen LogP contribution in [0.25, 0.3) is 0 Å². The molecule has 1 unspecified atom stereocenters. The van der Waals surface area contributed by atoms with Gasteiger partial charge in [0.05, 0.1) is 0 Å². The molecule has 0 heterocycles. The van der Waals surface area contributed by atoms with E-state index in [9.17, 15) is 4.79 Å². The molecule has 100 valence electrons. The van der Waals surface area contributed by atoms with Gasteiger partial charge in [0.1, 0.15) is 0 Å². The standard InChI is InChI=1S/C14H28N2O/c1-14(2)9-5-4-8-12(14)13(17)16-11-7-3-6-10-15/h12H,3-11,15H2,1-2H3,(H,16,17). The van der Waals surface area contributed by atoms with E-state index in [4.69, 9.17) is 5.73 Å². The maximum absolute atomic E-state index is 12.1. The van der Waals surface area contributed by atoms with Crippen LogP contribution in [0.1, 0.15) is 58.8 Å². The number of nitrogens with two attached hydrogens (primary N) is 1. The summed E-state index contributed by atoms with van der Waals surface area (Å²) in [6.45, 7) is 6.02. The van der Waals surface area contributed by atoms with Crippen LogP contribution in [0.15, 0.2) is 0 Å². The molecule has 0 aliphatic heterocycles. The van der Waals surface area contributed by atoms with Crippen LogP contribution in [0.3, 0.4) is 0 Å². The number of hydrogen-bond donors (Lipinski definition) is 2. The first-order valence-corrected chi connectivity index (χ1v) is 7.06. The molecule has 1 fully saturated rings. The molecule has 1 rings (SSSR count). The van der Waals surface area contributed by atoms with Crippen LogP contribution in [0.4, 0.5) is 0 Å². The number of amides is 1. The molecule has 0 spiro atoms. The third-order valence-corrected chi connectivity index (χ3v) is 4.00. The first-order chi connectivity index (χ1) is 8.08. The van der Waals surface area contributed by atoms with Crippen molar-refractivity contribution >= 4 is 5.91 Å². The zero-order chi connectivity index (χ0) is 12.7. The van der Waals surface area contributed by atoms with Crippen LogP contribution in [0, 0.1) is 11.3 Å². The van der Waals surface area contributed by atoms with E-state index in [0.29, 0.717) is 0 Å². The van der Waals surface area contributed by atoms with Crippen molar-refractivity contribution < 1.29 is 4.79 Å². The molecule has 0 aromatic rings. The smallest absolute Gasteiger partial charge is 0.223 e. The highest BCUT2D eigenvalue weighted by Gasteiger charge is 2.36. The summed E-state index contributed by atoms with van der Waals surface area (Å²) in [7, 11) is 0. The summed E-state index contributed by atoms with van der Waals surface area (Å²) in [5.74, 6) is 0.480. The minimum atomic E-state index is 0.180. The van der Waals surface area contributed by atoms with Crippen LogP contribution >= 0.6 is 0 Å². The molecule has 0 bridgehead atoms. The van der Waals surface area contributed by atoms with E-state index in [-0.39, 0.29) is 17.2 Å². The monoisotopic (exact) mass is 240 g/mol. The van der Waals surface area contributed by atoms with Crippen molar-refractivity contribution in [1.82, 2.24) is 5.32 Å². The Hall–Kier alpha value is -0.570. The molecule has 0 aromatic carbocycles. The Balaban J connectivity index is 2.26. The van der Waals surface area contributed by atoms with Gasteiger partial charge in [-0.1, -0.05) is 33.1 Å². The highest BCUT2D eigenvalue weighted by molar-refractivity contribution is 5.79. The van der Waals surface area contributed by atoms with Gasteiger partial charge >= 0.3 is 0 Å². The average Bonchev–Trinajstić information content (AvgIpc) is 2.28. The summed E-state index contributed by atoms with van der Waals surface area (Å²) in [4.78, 5) is 12.1. The second-order valence-corrected chi connectivity index (χ2v) is 5.93. The Bertz CT molecular complexity index is 238. The number of hydrogen-bond acceptors (Lipinski definition) is 2. The van der Waals surface area contributed by atoms with Crippen molar-refractivity contribution in [3.8, 4) is 0 Å². The lowest BCUT2D eigenvalue weighted by molar-refractivity contribution is -0.130. The molecule has 1 saturated carbocycles. The molecule has 1 atom stereocenters. The van der Waals surface area contributed by atoms with Gasteiger partial charge in [0.25, 0.3) is 0 Å². The van der Waals surface area contributed by atoms with Crippen LogP contribution < -0.4 is 11.1 Å². The van der Waals surface area contributed by atoms with Gasteiger partial charge in [0.15, 0.2) is 0 Å². The zero-order valence-electron chi connectivity index (χ0n) is 11.4. The molecule has 1 aliphatic rings. The fraction of sp³-hybridized carbons (Fsp3) is 0.929. The maximum Gasteiger partial charge on any atom is 0.223 e. The molecule has 1 amide bonds. The summed E-state index contributed by atoms with van der Waals surface area (Å²) in [5, 5.41) is 3.09. The Kier molecular flexibility index (Phi) is 5.96. The van der Waals surface area contributed by atoms with Gasteiger partial charge < -0.3 is 11.1 Å². The largest absolute Gasteiger partial charge is 0.356 e. The molecule has 17 heavy (non-hydrogen) atoms. The lowest BCUT2D eigenvalue weighted by Gasteiger charge is -2.37. The quantitative estimate of drug-likeness (QED) is 0.701. The normalized spacial score (nSPS) is 23.4. The van der Waals surface area contributed by atoms with Crippen molar-refractivity contribution in [1.29, 1.82) is 0 Å². The molecule has 0 aromatic heterocycles. The van der Waals surface area contributed by atoms with E-state index in [1.807, 2.05) is 0 Å². The number of nitrogens with one attached hydrogen (secondary N) is 1. The maximum atomic E-state index is 12.1. The topological polar surface area (TPSA) is 55.1 Å². The SMILES string of the molecule is CC1(C)CCCCC1C(=O)NCCCCCN. The van der Waals surface area contributed by atoms with E-state index in [2.05, 4.69) is 19.2 Å². The van der Waals surface area contributed by atoms with Gasteiger partial charge in [-0.15, -0.1) is 0 Å². The summed E-state index contributed by atoms with van der Waals surface area (Å²) in [6, 6.07) is 0. The molecular weight excluding hydrogens is 212 g/mol. The van der Waals surface area contributed by atoms with Gasteiger partial charge in [-0.3, -0.25) is 4.79 Å². The van der Waals surface area contributed by atoms with Gasteiger partial charge in [0.2, 0.25) is 5.91 Å². The lowest BCUT2D eigenvalue weighted by Crippen LogP contribution is -2.41. The fourth-order valence-corrected chi connectivity index (χ4v) is 2.76. The number of carbonyl (C=O) groups excluding carboxylic acids is 1. The molecule has 0 radical (unpaired) electrons. The van der Waals surface area contributed by atoms with Gasteiger partial charge in [-0.05, 0) is 37.6 Å². The molecule has 3 N–H and O–H groups in total. The van der Waals surface area contributed by atoms with Crippen molar-refractivity contribution in [3.63, 3.8) is 0 Å². The minimum absolute atomic E-state index is 0.180. The van der Waals surface area contributed by atoms with Gasteiger partial charge in [-0.2, -0.15) is 0 Å². The van der Waals surface area contributed by atoms with Crippen LogP contribution in [0.2, 0.25) is 0 Å². The fourth-order valence-electron chi connectivity index (χ4n) is 2.76. The highest BCUT2D eigenvalue weighted by Crippen LogP contribution is 2.40. The summed E-state index contributed by atoms with van der Waals surface area (Å²) >= 11 is 0. The van der Waals surface area contributed by atoms with Crippen molar-refractivity contribution in [2.75, 3.05) is 13.1 Å². The molecule has 0 saturated heterocycles. The van der Waals surface area contributed by atoms with Crippen LogP contribution in [-0.4, -0.2) is 19.0 Å². The molecule has 3 heteroatoms. The second-order valence-electron chi connectivity index (χ2n) is 5.93.